The summed E-state index contributed by atoms with van der Waals surface area (Å²) >= 11 is 0. The highest BCUT2D eigenvalue weighted by molar-refractivity contribution is 5.34. The molecular formula is C15H22FNO. The van der Waals surface area contributed by atoms with Gasteiger partial charge in [-0.2, -0.15) is 0 Å². The van der Waals surface area contributed by atoms with Gasteiger partial charge in [-0.3, -0.25) is 0 Å². The van der Waals surface area contributed by atoms with E-state index in [1.165, 1.54) is 12.1 Å². The van der Waals surface area contributed by atoms with E-state index >= 15 is 0 Å². The maximum Gasteiger partial charge on any atom is 0.124 e. The van der Waals surface area contributed by atoms with Crippen molar-refractivity contribution in [2.24, 2.45) is 0 Å². The molecule has 0 aliphatic rings. The van der Waals surface area contributed by atoms with Crippen molar-refractivity contribution in [2.75, 3.05) is 6.61 Å². The quantitative estimate of drug-likeness (QED) is 0.747. The fraction of sp³-hybridized carbons (Fsp3) is 0.467. The van der Waals surface area contributed by atoms with Gasteiger partial charge in [-0.1, -0.05) is 27.4 Å². The van der Waals surface area contributed by atoms with Gasteiger partial charge < -0.3 is 10.1 Å². The molecule has 0 saturated heterocycles. The van der Waals surface area contributed by atoms with Crippen LogP contribution in [0.25, 0.3) is 0 Å². The van der Waals surface area contributed by atoms with E-state index in [1.807, 2.05) is 6.92 Å². The smallest absolute Gasteiger partial charge is 0.124 e. The summed E-state index contributed by atoms with van der Waals surface area (Å²) in [7, 11) is 0. The van der Waals surface area contributed by atoms with Crippen LogP contribution in [0, 0.1) is 5.82 Å². The molecule has 1 rings (SSSR count). The van der Waals surface area contributed by atoms with Crippen molar-refractivity contribution < 1.29 is 9.13 Å². The summed E-state index contributed by atoms with van der Waals surface area (Å²) in [6.45, 7) is 11.1. The lowest BCUT2D eigenvalue weighted by Gasteiger charge is -2.14. The Kier molecular flexibility index (Phi) is 5.86. The number of nitrogens with one attached hydrogen (secondary N) is 1. The van der Waals surface area contributed by atoms with Crippen molar-refractivity contribution in [2.45, 2.75) is 39.8 Å². The van der Waals surface area contributed by atoms with E-state index < -0.39 is 0 Å². The van der Waals surface area contributed by atoms with E-state index in [0.29, 0.717) is 19.2 Å². The van der Waals surface area contributed by atoms with E-state index in [2.05, 4.69) is 25.7 Å². The van der Waals surface area contributed by atoms with Gasteiger partial charge in [-0.05, 0) is 30.2 Å². The third kappa shape index (κ3) is 4.88. The number of halogens is 1. The summed E-state index contributed by atoms with van der Waals surface area (Å²) in [5.41, 5.74) is 1.87. The number of ether oxygens (including phenoxy) is 1. The molecule has 3 heteroatoms. The summed E-state index contributed by atoms with van der Waals surface area (Å²) in [6.07, 6.45) is 0.890. The minimum atomic E-state index is -0.239. The molecule has 0 unspecified atom stereocenters. The van der Waals surface area contributed by atoms with E-state index in [1.54, 1.807) is 6.07 Å². The van der Waals surface area contributed by atoms with Gasteiger partial charge in [0.15, 0.2) is 0 Å². The number of hydrogen-bond acceptors (Lipinski definition) is 2. The molecule has 1 N–H and O–H groups in total. The van der Waals surface area contributed by atoms with E-state index in [0.717, 1.165) is 23.3 Å². The summed E-state index contributed by atoms with van der Waals surface area (Å²) in [6, 6.07) is 4.96. The number of rotatable bonds is 7. The zero-order chi connectivity index (χ0) is 13.5. The molecule has 0 aliphatic heterocycles. The molecule has 0 bridgehead atoms. The zero-order valence-corrected chi connectivity index (χ0v) is 11.4. The molecule has 1 aromatic carbocycles. The van der Waals surface area contributed by atoms with Gasteiger partial charge in [0.1, 0.15) is 18.2 Å². The molecule has 18 heavy (non-hydrogen) atoms. The van der Waals surface area contributed by atoms with Crippen LogP contribution in [-0.4, -0.2) is 12.6 Å². The summed E-state index contributed by atoms with van der Waals surface area (Å²) in [4.78, 5) is 0. The van der Waals surface area contributed by atoms with Crippen molar-refractivity contribution in [1.82, 2.24) is 5.32 Å². The Balaban J connectivity index is 2.72. The van der Waals surface area contributed by atoms with Gasteiger partial charge in [0.2, 0.25) is 0 Å². The van der Waals surface area contributed by atoms with E-state index in [4.69, 9.17) is 4.74 Å². The first-order valence-electron chi connectivity index (χ1n) is 6.34. The maximum atomic E-state index is 13.2. The van der Waals surface area contributed by atoms with Gasteiger partial charge in [0.25, 0.3) is 0 Å². The van der Waals surface area contributed by atoms with Crippen LogP contribution in [0.2, 0.25) is 0 Å². The van der Waals surface area contributed by atoms with Gasteiger partial charge in [0, 0.05) is 18.2 Å². The average molecular weight is 251 g/mol. The second kappa shape index (κ2) is 7.17. The Morgan fingerprint density at radius 1 is 1.44 bits per heavy atom. The van der Waals surface area contributed by atoms with Crippen LogP contribution in [0.3, 0.4) is 0 Å². The molecule has 0 heterocycles. The topological polar surface area (TPSA) is 21.3 Å². The molecule has 0 fully saturated rings. The third-order valence-electron chi connectivity index (χ3n) is 2.66. The minimum Gasteiger partial charge on any atom is -0.489 e. The summed E-state index contributed by atoms with van der Waals surface area (Å²) < 4.78 is 18.9. The predicted molar refractivity (Wildman–Crippen MR) is 73.3 cm³/mol. The van der Waals surface area contributed by atoms with Crippen LogP contribution in [0.4, 0.5) is 4.39 Å². The Morgan fingerprint density at radius 3 is 2.78 bits per heavy atom. The van der Waals surface area contributed by atoms with E-state index in [9.17, 15) is 4.39 Å². The van der Waals surface area contributed by atoms with Gasteiger partial charge in [-0.25, -0.2) is 4.39 Å². The highest BCUT2D eigenvalue weighted by atomic mass is 19.1. The van der Waals surface area contributed by atoms with Crippen molar-refractivity contribution in [3.8, 4) is 5.75 Å². The van der Waals surface area contributed by atoms with Crippen LogP contribution >= 0.6 is 0 Å². The van der Waals surface area contributed by atoms with Gasteiger partial charge in [0.05, 0.1) is 0 Å². The molecule has 1 aromatic rings. The standard InChI is InChI=1S/C15H22FNO/c1-5-12(4)10-18-15-7-6-14(16)8-13(15)9-17-11(2)3/h6-8,11,17H,4-5,9-10H2,1-3H3. The predicted octanol–water partition coefficient (Wildman–Crippen LogP) is 3.67. The summed E-state index contributed by atoms with van der Waals surface area (Å²) in [5.74, 6) is 0.483. The second-order valence-corrected chi connectivity index (χ2v) is 4.68. The zero-order valence-electron chi connectivity index (χ0n) is 11.4. The number of benzene rings is 1. The lowest BCUT2D eigenvalue weighted by Crippen LogP contribution is -2.22. The van der Waals surface area contributed by atoms with Gasteiger partial charge >= 0.3 is 0 Å². The molecule has 0 atom stereocenters. The van der Waals surface area contributed by atoms with Crippen LogP contribution in [0.1, 0.15) is 32.8 Å². The Morgan fingerprint density at radius 2 is 2.17 bits per heavy atom. The highest BCUT2D eigenvalue weighted by Crippen LogP contribution is 2.20. The lowest BCUT2D eigenvalue weighted by molar-refractivity contribution is 0.343. The first-order chi connectivity index (χ1) is 8.52. The third-order valence-corrected chi connectivity index (χ3v) is 2.66. The fourth-order valence-corrected chi connectivity index (χ4v) is 1.42. The molecular weight excluding hydrogens is 229 g/mol. The first kappa shape index (κ1) is 14.7. The molecule has 0 saturated carbocycles. The van der Waals surface area contributed by atoms with Crippen LogP contribution in [-0.2, 0) is 6.54 Å². The lowest BCUT2D eigenvalue weighted by atomic mass is 10.2. The Bertz CT molecular complexity index is 401. The molecule has 0 radical (unpaired) electrons. The van der Waals surface area contributed by atoms with Crippen LogP contribution in [0.15, 0.2) is 30.4 Å². The number of hydrogen-bond donors (Lipinski definition) is 1. The fourth-order valence-electron chi connectivity index (χ4n) is 1.42. The van der Waals surface area contributed by atoms with Crippen LogP contribution < -0.4 is 10.1 Å². The van der Waals surface area contributed by atoms with Crippen LogP contribution in [0.5, 0.6) is 5.75 Å². The maximum absolute atomic E-state index is 13.2. The van der Waals surface area contributed by atoms with Crippen molar-refractivity contribution in [3.63, 3.8) is 0 Å². The highest BCUT2D eigenvalue weighted by Gasteiger charge is 2.06. The van der Waals surface area contributed by atoms with E-state index in [-0.39, 0.29) is 5.82 Å². The SMILES string of the molecule is C=C(CC)COc1ccc(F)cc1CNC(C)C. The van der Waals surface area contributed by atoms with Crippen molar-refractivity contribution in [3.05, 3.63) is 41.7 Å². The van der Waals surface area contributed by atoms with Crippen molar-refractivity contribution >= 4 is 0 Å². The van der Waals surface area contributed by atoms with Gasteiger partial charge in [-0.15, -0.1) is 0 Å². The molecule has 2 nitrogen and oxygen atoms in total. The molecule has 100 valence electrons. The monoisotopic (exact) mass is 251 g/mol. The first-order valence-corrected chi connectivity index (χ1v) is 6.34. The molecule has 0 aromatic heterocycles. The average Bonchev–Trinajstić information content (AvgIpc) is 2.34. The molecule has 0 amide bonds. The Labute approximate surface area is 109 Å². The molecule has 0 aliphatic carbocycles. The largest absolute Gasteiger partial charge is 0.489 e. The summed E-state index contributed by atoms with van der Waals surface area (Å²) in [5, 5.41) is 3.26. The molecule has 0 spiro atoms. The normalized spacial score (nSPS) is 10.7. The Hall–Kier alpha value is -1.35. The van der Waals surface area contributed by atoms with Crippen molar-refractivity contribution in [1.29, 1.82) is 0 Å². The minimum absolute atomic E-state index is 0.239. The second-order valence-electron chi connectivity index (χ2n) is 4.68.